The molecule has 0 saturated heterocycles. The van der Waals surface area contributed by atoms with Crippen molar-refractivity contribution in [2.24, 2.45) is 0 Å². The number of ether oxygens (including phenoxy) is 2. The zero-order valence-electron chi connectivity index (χ0n) is 15.7. The summed E-state index contributed by atoms with van der Waals surface area (Å²) in [7, 11) is 1.62. The molecule has 2 aromatic heterocycles. The number of aryl methyl sites for hydroxylation is 1. The molecule has 1 aromatic carbocycles. The SMILES string of the molecule is COc1ccc(CNC[C@H]2Cn3cc(-c4ccc(C)cc4)nc3CO2)cn1. The number of imidazole rings is 1. The van der Waals surface area contributed by atoms with Crippen molar-refractivity contribution in [2.75, 3.05) is 13.7 Å². The molecule has 6 heteroatoms. The van der Waals surface area contributed by atoms with Crippen LogP contribution < -0.4 is 10.1 Å². The highest BCUT2D eigenvalue weighted by Gasteiger charge is 2.21. The minimum Gasteiger partial charge on any atom is -0.481 e. The van der Waals surface area contributed by atoms with Crippen molar-refractivity contribution < 1.29 is 9.47 Å². The molecule has 27 heavy (non-hydrogen) atoms. The van der Waals surface area contributed by atoms with Crippen molar-refractivity contribution in [1.29, 1.82) is 0 Å². The number of hydrogen-bond acceptors (Lipinski definition) is 5. The zero-order valence-corrected chi connectivity index (χ0v) is 15.7. The standard InChI is InChI=1S/C21H24N4O2/c1-15-3-6-17(7-4-15)19-13-25-12-18(27-14-20(25)24-19)11-22-9-16-5-8-21(26-2)23-10-16/h3-8,10,13,18,22H,9,11-12,14H2,1-2H3/t18-/m0/s1. The molecule has 4 rings (SSSR count). The van der Waals surface area contributed by atoms with E-state index in [1.54, 1.807) is 7.11 Å². The molecular weight excluding hydrogens is 340 g/mol. The van der Waals surface area contributed by atoms with Crippen LogP contribution in [0.3, 0.4) is 0 Å². The summed E-state index contributed by atoms with van der Waals surface area (Å²) in [4.78, 5) is 8.95. The van der Waals surface area contributed by atoms with Crippen molar-refractivity contribution in [2.45, 2.75) is 32.7 Å². The van der Waals surface area contributed by atoms with E-state index in [1.165, 1.54) is 5.56 Å². The molecule has 0 radical (unpaired) electrons. The number of methoxy groups -OCH3 is 1. The van der Waals surface area contributed by atoms with Gasteiger partial charge >= 0.3 is 0 Å². The van der Waals surface area contributed by atoms with Gasteiger partial charge in [0, 0.05) is 37.1 Å². The van der Waals surface area contributed by atoms with E-state index in [0.29, 0.717) is 12.5 Å². The number of fused-ring (bicyclic) bond motifs is 1. The van der Waals surface area contributed by atoms with Gasteiger partial charge in [-0.05, 0) is 12.5 Å². The first-order chi connectivity index (χ1) is 13.2. The third-order valence-electron chi connectivity index (χ3n) is 4.76. The Balaban J connectivity index is 1.33. The normalized spacial score (nSPS) is 16.1. The first-order valence-electron chi connectivity index (χ1n) is 9.15. The summed E-state index contributed by atoms with van der Waals surface area (Å²) in [5.74, 6) is 1.62. The molecule has 0 bridgehead atoms. The van der Waals surface area contributed by atoms with E-state index in [2.05, 4.69) is 52.3 Å². The molecule has 0 fully saturated rings. The minimum atomic E-state index is 0.128. The fraction of sp³-hybridized carbons (Fsp3) is 0.333. The summed E-state index contributed by atoms with van der Waals surface area (Å²) >= 11 is 0. The van der Waals surface area contributed by atoms with Crippen LogP contribution >= 0.6 is 0 Å². The van der Waals surface area contributed by atoms with Crippen LogP contribution in [0.25, 0.3) is 11.3 Å². The van der Waals surface area contributed by atoms with Crippen LogP contribution in [0.5, 0.6) is 5.88 Å². The molecule has 1 aliphatic heterocycles. The second-order valence-corrected chi connectivity index (χ2v) is 6.83. The quantitative estimate of drug-likeness (QED) is 0.729. The molecule has 1 N–H and O–H groups in total. The fourth-order valence-electron chi connectivity index (χ4n) is 3.19. The second kappa shape index (κ2) is 7.90. The van der Waals surface area contributed by atoms with Gasteiger partial charge in [-0.3, -0.25) is 0 Å². The lowest BCUT2D eigenvalue weighted by atomic mass is 10.1. The molecule has 140 valence electrons. The van der Waals surface area contributed by atoms with Gasteiger partial charge in [0.15, 0.2) is 0 Å². The van der Waals surface area contributed by atoms with Crippen LogP contribution in [0.4, 0.5) is 0 Å². The molecule has 0 unspecified atom stereocenters. The number of rotatable bonds is 6. The van der Waals surface area contributed by atoms with Crippen LogP contribution in [0.1, 0.15) is 17.0 Å². The van der Waals surface area contributed by atoms with Gasteiger partial charge in [0.2, 0.25) is 5.88 Å². The van der Waals surface area contributed by atoms with E-state index in [0.717, 1.165) is 42.3 Å². The number of aromatic nitrogens is 3. The van der Waals surface area contributed by atoms with Crippen LogP contribution in [-0.2, 0) is 24.4 Å². The number of pyridine rings is 1. The van der Waals surface area contributed by atoms with Crippen LogP contribution in [0.2, 0.25) is 0 Å². The number of hydrogen-bond donors (Lipinski definition) is 1. The maximum absolute atomic E-state index is 5.97. The first-order valence-corrected chi connectivity index (χ1v) is 9.15. The highest BCUT2D eigenvalue weighted by molar-refractivity contribution is 5.59. The van der Waals surface area contributed by atoms with E-state index in [-0.39, 0.29) is 6.10 Å². The van der Waals surface area contributed by atoms with Crippen molar-refractivity contribution >= 4 is 0 Å². The molecule has 0 spiro atoms. The second-order valence-electron chi connectivity index (χ2n) is 6.83. The van der Waals surface area contributed by atoms with Gasteiger partial charge in [-0.25, -0.2) is 9.97 Å². The summed E-state index contributed by atoms with van der Waals surface area (Å²) < 4.78 is 13.3. The first kappa shape index (κ1) is 17.7. The van der Waals surface area contributed by atoms with Gasteiger partial charge in [-0.15, -0.1) is 0 Å². The van der Waals surface area contributed by atoms with Gasteiger partial charge < -0.3 is 19.4 Å². The van der Waals surface area contributed by atoms with E-state index < -0.39 is 0 Å². The van der Waals surface area contributed by atoms with Crippen molar-refractivity contribution in [1.82, 2.24) is 19.9 Å². The Labute approximate surface area is 159 Å². The van der Waals surface area contributed by atoms with E-state index in [4.69, 9.17) is 14.5 Å². The van der Waals surface area contributed by atoms with Gasteiger partial charge in [-0.1, -0.05) is 35.9 Å². The van der Waals surface area contributed by atoms with Gasteiger partial charge in [0.25, 0.3) is 0 Å². The Morgan fingerprint density at radius 3 is 2.81 bits per heavy atom. The lowest BCUT2D eigenvalue weighted by molar-refractivity contribution is 0.00278. The van der Waals surface area contributed by atoms with Crippen LogP contribution in [-0.4, -0.2) is 34.3 Å². The van der Waals surface area contributed by atoms with E-state index >= 15 is 0 Å². The predicted octanol–water partition coefficient (Wildman–Crippen LogP) is 2.95. The average Bonchev–Trinajstić information content (AvgIpc) is 3.12. The van der Waals surface area contributed by atoms with E-state index in [9.17, 15) is 0 Å². The molecular formula is C21H24N4O2. The highest BCUT2D eigenvalue weighted by Crippen LogP contribution is 2.22. The third kappa shape index (κ3) is 4.18. The molecule has 3 heterocycles. The monoisotopic (exact) mass is 364 g/mol. The minimum absolute atomic E-state index is 0.128. The van der Waals surface area contributed by atoms with Crippen LogP contribution in [0.15, 0.2) is 48.8 Å². The lowest BCUT2D eigenvalue weighted by Gasteiger charge is -2.24. The summed E-state index contributed by atoms with van der Waals surface area (Å²) in [6.45, 7) is 4.98. The smallest absolute Gasteiger partial charge is 0.212 e. The summed E-state index contributed by atoms with van der Waals surface area (Å²) in [6.07, 6.45) is 4.09. The van der Waals surface area contributed by atoms with Gasteiger partial charge in [0.1, 0.15) is 12.4 Å². The largest absolute Gasteiger partial charge is 0.481 e. The molecule has 0 amide bonds. The molecule has 3 aromatic rings. The van der Waals surface area contributed by atoms with Gasteiger partial charge in [0.05, 0.1) is 25.5 Å². The Kier molecular flexibility index (Phi) is 5.18. The maximum atomic E-state index is 5.97. The third-order valence-corrected chi connectivity index (χ3v) is 4.76. The van der Waals surface area contributed by atoms with E-state index in [1.807, 2.05) is 18.3 Å². The van der Waals surface area contributed by atoms with Crippen molar-refractivity contribution in [3.05, 3.63) is 65.7 Å². The fourth-order valence-corrected chi connectivity index (χ4v) is 3.19. The van der Waals surface area contributed by atoms with Crippen molar-refractivity contribution in [3.8, 4) is 17.1 Å². The summed E-state index contributed by atoms with van der Waals surface area (Å²) in [6, 6.07) is 12.4. The van der Waals surface area contributed by atoms with Crippen LogP contribution in [0, 0.1) is 6.92 Å². The Morgan fingerprint density at radius 2 is 2.07 bits per heavy atom. The Bertz CT molecular complexity index is 888. The molecule has 6 nitrogen and oxygen atoms in total. The summed E-state index contributed by atoms with van der Waals surface area (Å²) in [5, 5.41) is 3.44. The molecule has 1 atom stereocenters. The lowest BCUT2D eigenvalue weighted by Crippen LogP contribution is -2.35. The van der Waals surface area contributed by atoms with Crippen molar-refractivity contribution in [3.63, 3.8) is 0 Å². The Morgan fingerprint density at radius 1 is 1.22 bits per heavy atom. The zero-order chi connectivity index (χ0) is 18.6. The maximum Gasteiger partial charge on any atom is 0.212 e. The topological polar surface area (TPSA) is 61.2 Å². The number of nitrogens with one attached hydrogen (secondary N) is 1. The highest BCUT2D eigenvalue weighted by atomic mass is 16.5. The molecule has 0 saturated carbocycles. The summed E-state index contributed by atoms with van der Waals surface area (Å²) in [5.41, 5.74) is 4.52. The average molecular weight is 364 g/mol. The van der Waals surface area contributed by atoms with Gasteiger partial charge in [-0.2, -0.15) is 0 Å². The number of nitrogens with zero attached hydrogens (tertiary/aromatic N) is 3. The Hall–Kier alpha value is -2.70. The molecule has 1 aliphatic rings. The molecule has 0 aliphatic carbocycles. The number of benzene rings is 1. The predicted molar refractivity (Wildman–Crippen MR) is 103 cm³/mol.